The van der Waals surface area contributed by atoms with E-state index in [1.807, 2.05) is 6.07 Å². The summed E-state index contributed by atoms with van der Waals surface area (Å²) in [6.07, 6.45) is 0. The monoisotopic (exact) mass is 324 g/mol. The number of amides is 1. The third-order valence-corrected chi connectivity index (χ3v) is 3.05. The summed E-state index contributed by atoms with van der Waals surface area (Å²) in [5.41, 5.74) is 1.16. The average molecular weight is 324 g/mol. The van der Waals surface area contributed by atoms with Gasteiger partial charge in [-0.1, -0.05) is 12.1 Å². The van der Waals surface area contributed by atoms with Crippen LogP contribution >= 0.6 is 0 Å². The van der Waals surface area contributed by atoms with Gasteiger partial charge in [-0.25, -0.2) is 4.79 Å². The molecular formula is C18H16N2O4. The Bertz CT molecular complexity index is 763. The Hall–Kier alpha value is -3.33. The van der Waals surface area contributed by atoms with Gasteiger partial charge in [0.15, 0.2) is 6.61 Å². The lowest BCUT2D eigenvalue weighted by molar-refractivity contribution is -0.118. The summed E-state index contributed by atoms with van der Waals surface area (Å²) in [6, 6.07) is 15.0. The number of rotatable bonds is 6. The van der Waals surface area contributed by atoms with E-state index in [0.29, 0.717) is 17.0 Å². The molecule has 24 heavy (non-hydrogen) atoms. The van der Waals surface area contributed by atoms with Crippen LogP contribution in [0.4, 0.5) is 5.69 Å². The maximum atomic E-state index is 12.0. The van der Waals surface area contributed by atoms with Crippen LogP contribution in [0.3, 0.4) is 0 Å². The second-order valence-corrected chi connectivity index (χ2v) is 4.74. The first-order valence-electron chi connectivity index (χ1n) is 7.33. The predicted molar refractivity (Wildman–Crippen MR) is 87.7 cm³/mol. The number of hydrogen-bond donors (Lipinski definition) is 1. The third kappa shape index (κ3) is 4.58. The second kappa shape index (κ2) is 8.34. The van der Waals surface area contributed by atoms with Gasteiger partial charge in [-0.2, -0.15) is 5.26 Å². The molecule has 0 spiro atoms. The van der Waals surface area contributed by atoms with E-state index in [9.17, 15) is 9.59 Å². The molecule has 0 aliphatic heterocycles. The summed E-state index contributed by atoms with van der Waals surface area (Å²) in [4.78, 5) is 23.9. The van der Waals surface area contributed by atoms with Gasteiger partial charge >= 0.3 is 5.97 Å². The van der Waals surface area contributed by atoms with Crippen LogP contribution in [-0.2, 0) is 9.53 Å². The maximum absolute atomic E-state index is 12.0. The molecule has 2 aromatic rings. The van der Waals surface area contributed by atoms with Crippen LogP contribution in [0.25, 0.3) is 0 Å². The zero-order valence-corrected chi connectivity index (χ0v) is 13.1. The minimum absolute atomic E-state index is 0.219. The number of carbonyl (C=O) groups is 2. The summed E-state index contributed by atoms with van der Waals surface area (Å²) in [5, 5.41) is 11.4. The quantitative estimate of drug-likeness (QED) is 0.825. The molecule has 0 aliphatic carbocycles. The van der Waals surface area contributed by atoms with Crippen molar-refractivity contribution in [3.05, 3.63) is 59.7 Å². The van der Waals surface area contributed by atoms with Crippen LogP contribution in [0.5, 0.6) is 5.75 Å². The lowest BCUT2D eigenvalue weighted by Crippen LogP contribution is -2.22. The summed E-state index contributed by atoms with van der Waals surface area (Å²) in [6.45, 7) is 1.75. The molecule has 0 bridgehead atoms. The fourth-order valence-electron chi connectivity index (χ4n) is 1.94. The molecule has 1 N–H and O–H groups in total. The molecule has 0 saturated carbocycles. The van der Waals surface area contributed by atoms with Crippen LogP contribution < -0.4 is 10.1 Å². The standard InChI is InChI=1S/C18H16N2O4/c1-2-23-18(22)15-5-3-4-6-16(15)20-17(21)12-24-14-9-7-13(11-19)8-10-14/h3-10H,2,12H2,1H3,(H,20,21). The summed E-state index contributed by atoms with van der Waals surface area (Å²) >= 11 is 0. The molecule has 6 heteroatoms. The fraction of sp³-hybridized carbons (Fsp3) is 0.167. The molecule has 6 nitrogen and oxygen atoms in total. The zero-order chi connectivity index (χ0) is 17.4. The van der Waals surface area contributed by atoms with Crippen LogP contribution in [0.15, 0.2) is 48.5 Å². The molecule has 0 aliphatic rings. The topological polar surface area (TPSA) is 88.4 Å². The minimum atomic E-state index is -0.499. The van der Waals surface area contributed by atoms with Gasteiger partial charge in [-0.05, 0) is 43.3 Å². The van der Waals surface area contributed by atoms with Crippen molar-refractivity contribution in [3.63, 3.8) is 0 Å². The Morgan fingerprint density at radius 1 is 1.12 bits per heavy atom. The van der Waals surface area contributed by atoms with Gasteiger partial charge in [-0.3, -0.25) is 4.79 Å². The zero-order valence-electron chi connectivity index (χ0n) is 13.1. The molecule has 122 valence electrons. The summed E-state index contributed by atoms with van der Waals surface area (Å²) < 4.78 is 10.3. The van der Waals surface area contributed by atoms with E-state index in [2.05, 4.69) is 5.32 Å². The number of hydrogen-bond acceptors (Lipinski definition) is 5. The minimum Gasteiger partial charge on any atom is -0.484 e. The van der Waals surface area contributed by atoms with E-state index < -0.39 is 11.9 Å². The number of carbonyl (C=O) groups excluding carboxylic acids is 2. The van der Waals surface area contributed by atoms with Crippen molar-refractivity contribution in [1.82, 2.24) is 0 Å². The van der Waals surface area contributed by atoms with Crippen molar-refractivity contribution < 1.29 is 19.1 Å². The van der Waals surface area contributed by atoms with Gasteiger partial charge in [0.1, 0.15) is 5.75 Å². The highest BCUT2D eigenvalue weighted by molar-refractivity contribution is 6.01. The van der Waals surface area contributed by atoms with Gasteiger partial charge in [0, 0.05) is 0 Å². The lowest BCUT2D eigenvalue weighted by Gasteiger charge is -2.11. The highest BCUT2D eigenvalue weighted by Gasteiger charge is 2.14. The largest absolute Gasteiger partial charge is 0.484 e. The predicted octanol–water partition coefficient (Wildman–Crippen LogP) is 2.75. The van der Waals surface area contributed by atoms with Crippen LogP contribution in [-0.4, -0.2) is 25.1 Å². The van der Waals surface area contributed by atoms with Crippen molar-refractivity contribution >= 4 is 17.6 Å². The molecule has 0 heterocycles. The van der Waals surface area contributed by atoms with E-state index in [1.165, 1.54) is 0 Å². The maximum Gasteiger partial charge on any atom is 0.340 e. The van der Waals surface area contributed by atoms with Crippen LogP contribution in [0.2, 0.25) is 0 Å². The average Bonchev–Trinajstić information content (AvgIpc) is 2.61. The molecule has 0 radical (unpaired) electrons. The molecule has 0 unspecified atom stereocenters. The fourth-order valence-corrected chi connectivity index (χ4v) is 1.94. The number of anilines is 1. The van der Waals surface area contributed by atoms with Crippen molar-refractivity contribution in [2.45, 2.75) is 6.92 Å². The number of nitrogens with zero attached hydrogens (tertiary/aromatic N) is 1. The van der Waals surface area contributed by atoms with E-state index in [1.54, 1.807) is 55.5 Å². The smallest absolute Gasteiger partial charge is 0.340 e. The number of ether oxygens (including phenoxy) is 2. The number of nitrogens with one attached hydrogen (secondary N) is 1. The first kappa shape index (κ1) is 17.0. The van der Waals surface area contributed by atoms with E-state index in [0.717, 1.165) is 0 Å². The van der Waals surface area contributed by atoms with Crippen LogP contribution in [0.1, 0.15) is 22.8 Å². The van der Waals surface area contributed by atoms with E-state index >= 15 is 0 Å². The van der Waals surface area contributed by atoms with Crippen molar-refractivity contribution in [2.24, 2.45) is 0 Å². The highest BCUT2D eigenvalue weighted by Crippen LogP contribution is 2.17. The number of esters is 1. The molecule has 0 aromatic heterocycles. The Labute approximate surface area is 139 Å². The van der Waals surface area contributed by atoms with Crippen molar-refractivity contribution in [3.8, 4) is 11.8 Å². The molecule has 1 amide bonds. The van der Waals surface area contributed by atoms with Gasteiger partial charge in [0.2, 0.25) is 0 Å². The van der Waals surface area contributed by atoms with E-state index in [4.69, 9.17) is 14.7 Å². The van der Waals surface area contributed by atoms with Gasteiger partial charge in [-0.15, -0.1) is 0 Å². The van der Waals surface area contributed by atoms with E-state index in [-0.39, 0.29) is 18.8 Å². The first-order chi connectivity index (χ1) is 11.6. The Morgan fingerprint density at radius 2 is 1.83 bits per heavy atom. The second-order valence-electron chi connectivity index (χ2n) is 4.74. The molecule has 2 aromatic carbocycles. The summed E-state index contributed by atoms with van der Waals surface area (Å²) in [7, 11) is 0. The Morgan fingerprint density at radius 3 is 2.50 bits per heavy atom. The molecule has 0 atom stereocenters. The van der Waals surface area contributed by atoms with Crippen molar-refractivity contribution in [1.29, 1.82) is 5.26 Å². The van der Waals surface area contributed by atoms with Gasteiger partial charge in [0.25, 0.3) is 5.91 Å². The summed E-state index contributed by atoms with van der Waals surface area (Å²) in [5.74, 6) is -0.430. The third-order valence-electron chi connectivity index (χ3n) is 3.05. The molecular weight excluding hydrogens is 308 g/mol. The Kier molecular flexibility index (Phi) is 5.92. The van der Waals surface area contributed by atoms with Gasteiger partial charge < -0.3 is 14.8 Å². The number of benzene rings is 2. The lowest BCUT2D eigenvalue weighted by atomic mass is 10.2. The van der Waals surface area contributed by atoms with Crippen molar-refractivity contribution in [2.75, 3.05) is 18.5 Å². The molecule has 2 rings (SSSR count). The number of para-hydroxylation sites is 1. The molecule has 0 fully saturated rings. The van der Waals surface area contributed by atoms with Gasteiger partial charge in [0.05, 0.1) is 29.5 Å². The van der Waals surface area contributed by atoms with Crippen LogP contribution in [0, 0.1) is 11.3 Å². The SMILES string of the molecule is CCOC(=O)c1ccccc1NC(=O)COc1ccc(C#N)cc1. The molecule has 0 saturated heterocycles. The number of nitriles is 1. The Balaban J connectivity index is 1.97. The first-order valence-corrected chi connectivity index (χ1v) is 7.33. The highest BCUT2D eigenvalue weighted by atomic mass is 16.5. The normalized spacial score (nSPS) is 9.67.